The lowest BCUT2D eigenvalue weighted by Crippen LogP contribution is -2.63. The number of rotatable bonds is 3. The van der Waals surface area contributed by atoms with Crippen molar-refractivity contribution in [2.45, 2.75) is 19.0 Å². The van der Waals surface area contributed by atoms with E-state index in [9.17, 15) is 0 Å². The van der Waals surface area contributed by atoms with Crippen LogP contribution in [0.2, 0.25) is 0 Å². The van der Waals surface area contributed by atoms with Crippen LogP contribution >= 0.6 is 0 Å². The van der Waals surface area contributed by atoms with E-state index in [0.717, 1.165) is 19.3 Å². The highest BCUT2D eigenvalue weighted by Crippen LogP contribution is 2.09. The van der Waals surface area contributed by atoms with Gasteiger partial charge in [0.15, 0.2) is 0 Å². The van der Waals surface area contributed by atoms with Gasteiger partial charge in [-0.05, 0) is 6.54 Å². The summed E-state index contributed by atoms with van der Waals surface area (Å²) >= 11 is 0. The summed E-state index contributed by atoms with van der Waals surface area (Å²) in [5, 5.41) is 3.55. The zero-order valence-electron chi connectivity index (χ0n) is 7.05. The molecular weight excluding hydrogens is 140 g/mol. The average molecular weight is 156 g/mol. The largest absolute Gasteiger partial charge is 0.378 e. The summed E-state index contributed by atoms with van der Waals surface area (Å²) in [7, 11) is 0. The molecule has 0 saturated carbocycles. The molecule has 0 radical (unpaired) electrons. The van der Waals surface area contributed by atoms with Crippen LogP contribution in [0.15, 0.2) is 0 Å². The lowest BCUT2D eigenvalue weighted by Gasteiger charge is -2.42. The van der Waals surface area contributed by atoms with Gasteiger partial charge in [-0.25, -0.2) is 0 Å². The fraction of sp³-hybridized carbons (Fsp3) is 1.00. The predicted molar refractivity (Wildman–Crippen MR) is 43.6 cm³/mol. The van der Waals surface area contributed by atoms with Crippen molar-refractivity contribution in [3.63, 3.8) is 0 Å². The number of ether oxygens (including phenoxy) is 1. The second kappa shape index (κ2) is 3.09. The fourth-order valence-corrected chi connectivity index (χ4v) is 1.60. The number of nitrogens with one attached hydrogen (secondary N) is 1. The first-order valence-electron chi connectivity index (χ1n) is 4.44. The molecule has 3 heteroatoms. The van der Waals surface area contributed by atoms with Crippen molar-refractivity contribution in [1.82, 2.24) is 10.2 Å². The molecule has 0 aliphatic carbocycles. The summed E-state index contributed by atoms with van der Waals surface area (Å²) in [6.45, 7) is 7.70. The van der Waals surface area contributed by atoms with Crippen LogP contribution < -0.4 is 5.32 Å². The minimum absolute atomic E-state index is 0.652. The first kappa shape index (κ1) is 7.53. The standard InChI is InChI=1S/C8H16N2O/c1-2-10-3-7(4-10)9-8-5-11-6-8/h7-9H,2-6H2,1H3. The van der Waals surface area contributed by atoms with E-state index in [1.54, 1.807) is 0 Å². The molecule has 64 valence electrons. The van der Waals surface area contributed by atoms with E-state index in [1.165, 1.54) is 19.6 Å². The molecule has 2 fully saturated rings. The number of hydrogen-bond donors (Lipinski definition) is 1. The van der Waals surface area contributed by atoms with E-state index in [2.05, 4.69) is 17.1 Å². The van der Waals surface area contributed by atoms with E-state index >= 15 is 0 Å². The number of likely N-dealkylation sites (N-methyl/N-ethyl adjacent to an activating group) is 1. The van der Waals surface area contributed by atoms with Crippen molar-refractivity contribution >= 4 is 0 Å². The zero-order chi connectivity index (χ0) is 7.68. The highest BCUT2D eigenvalue weighted by molar-refractivity contribution is 4.89. The Morgan fingerprint density at radius 3 is 2.55 bits per heavy atom. The molecule has 2 rings (SSSR count). The van der Waals surface area contributed by atoms with Crippen LogP contribution in [-0.2, 0) is 4.74 Å². The van der Waals surface area contributed by atoms with Crippen molar-refractivity contribution < 1.29 is 4.74 Å². The summed E-state index contributed by atoms with van der Waals surface area (Å²) < 4.78 is 5.08. The Morgan fingerprint density at radius 2 is 2.09 bits per heavy atom. The molecule has 0 atom stereocenters. The highest BCUT2D eigenvalue weighted by Gasteiger charge is 2.29. The Morgan fingerprint density at radius 1 is 1.36 bits per heavy atom. The van der Waals surface area contributed by atoms with Crippen LogP contribution in [-0.4, -0.2) is 49.8 Å². The molecule has 0 bridgehead atoms. The van der Waals surface area contributed by atoms with Crippen molar-refractivity contribution in [2.24, 2.45) is 0 Å². The summed E-state index contributed by atoms with van der Waals surface area (Å²) in [6, 6.07) is 1.39. The van der Waals surface area contributed by atoms with Crippen molar-refractivity contribution in [3.05, 3.63) is 0 Å². The molecule has 2 heterocycles. The monoisotopic (exact) mass is 156 g/mol. The van der Waals surface area contributed by atoms with Gasteiger partial charge in [-0.1, -0.05) is 6.92 Å². The van der Waals surface area contributed by atoms with Gasteiger partial charge in [0.25, 0.3) is 0 Å². The Kier molecular flexibility index (Phi) is 2.11. The van der Waals surface area contributed by atoms with Gasteiger partial charge in [0.2, 0.25) is 0 Å². The molecule has 0 spiro atoms. The molecule has 2 aliphatic rings. The van der Waals surface area contributed by atoms with Crippen molar-refractivity contribution in [3.8, 4) is 0 Å². The Hall–Kier alpha value is -0.120. The molecule has 0 aromatic heterocycles. The summed E-state index contributed by atoms with van der Waals surface area (Å²) in [6.07, 6.45) is 0. The topological polar surface area (TPSA) is 24.5 Å². The molecule has 11 heavy (non-hydrogen) atoms. The zero-order valence-corrected chi connectivity index (χ0v) is 7.05. The maximum atomic E-state index is 5.08. The summed E-state index contributed by atoms with van der Waals surface area (Å²) in [5.41, 5.74) is 0. The first-order valence-corrected chi connectivity index (χ1v) is 4.44. The molecular formula is C8H16N2O. The SMILES string of the molecule is CCN1CC(NC2COC2)C1. The van der Waals surface area contributed by atoms with Crippen LogP contribution in [0.25, 0.3) is 0 Å². The minimum Gasteiger partial charge on any atom is -0.378 e. The van der Waals surface area contributed by atoms with E-state index in [1.807, 2.05) is 0 Å². The van der Waals surface area contributed by atoms with Gasteiger partial charge < -0.3 is 15.0 Å². The molecule has 3 nitrogen and oxygen atoms in total. The molecule has 2 saturated heterocycles. The third-order valence-electron chi connectivity index (χ3n) is 2.51. The molecule has 1 N–H and O–H groups in total. The Labute approximate surface area is 67.7 Å². The molecule has 2 aliphatic heterocycles. The van der Waals surface area contributed by atoms with Crippen LogP contribution in [0, 0.1) is 0 Å². The molecule has 0 aromatic rings. The average Bonchev–Trinajstić information content (AvgIpc) is 1.81. The van der Waals surface area contributed by atoms with Crippen molar-refractivity contribution in [1.29, 1.82) is 0 Å². The highest BCUT2D eigenvalue weighted by atomic mass is 16.5. The number of nitrogens with zero attached hydrogens (tertiary/aromatic N) is 1. The number of likely N-dealkylation sites (tertiary alicyclic amines) is 1. The maximum absolute atomic E-state index is 5.08. The molecule has 0 amide bonds. The second-order valence-electron chi connectivity index (χ2n) is 3.45. The van der Waals surface area contributed by atoms with Gasteiger partial charge >= 0.3 is 0 Å². The third kappa shape index (κ3) is 1.55. The Bertz CT molecular complexity index is 130. The summed E-state index contributed by atoms with van der Waals surface area (Å²) in [5.74, 6) is 0. The second-order valence-corrected chi connectivity index (χ2v) is 3.45. The Balaban J connectivity index is 1.59. The first-order chi connectivity index (χ1) is 5.38. The van der Waals surface area contributed by atoms with E-state index in [4.69, 9.17) is 4.74 Å². The van der Waals surface area contributed by atoms with Gasteiger partial charge in [-0.3, -0.25) is 0 Å². The minimum atomic E-state index is 0.652. The van der Waals surface area contributed by atoms with E-state index in [0.29, 0.717) is 6.04 Å². The quantitative estimate of drug-likeness (QED) is 0.606. The smallest absolute Gasteiger partial charge is 0.0643 e. The van der Waals surface area contributed by atoms with Crippen LogP contribution in [0.1, 0.15) is 6.92 Å². The lowest BCUT2D eigenvalue weighted by atomic mass is 10.1. The van der Waals surface area contributed by atoms with Crippen LogP contribution in [0.5, 0.6) is 0 Å². The van der Waals surface area contributed by atoms with Crippen LogP contribution in [0.3, 0.4) is 0 Å². The van der Waals surface area contributed by atoms with E-state index < -0.39 is 0 Å². The van der Waals surface area contributed by atoms with Crippen LogP contribution in [0.4, 0.5) is 0 Å². The van der Waals surface area contributed by atoms with Crippen molar-refractivity contribution in [2.75, 3.05) is 32.8 Å². The van der Waals surface area contributed by atoms with Gasteiger partial charge in [0, 0.05) is 19.1 Å². The molecule has 0 unspecified atom stereocenters. The van der Waals surface area contributed by atoms with E-state index in [-0.39, 0.29) is 0 Å². The van der Waals surface area contributed by atoms with Gasteiger partial charge in [0.1, 0.15) is 0 Å². The summed E-state index contributed by atoms with van der Waals surface area (Å²) in [4.78, 5) is 2.44. The van der Waals surface area contributed by atoms with Gasteiger partial charge in [-0.2, -0.15) is 0 Å². The third-order valence-corrected chi connectivity index (χ3v) is 2.51. The van der Waals surface area contributed by atoms with Gasteiger partial charge in [-0.15, -0.1) is 0 Å². The molecule has 0 aromatic carbocycles. The number of hydrogen-bond acceptors (Lipinski definition) is 3. The lowest BCUT2D eigenvalue weighted by molar-refractivity contribution is -0.0224. The van der Waals surface area contributed by atoms with Gasteiger partial charge in [0.05, 0.1) is 19.3 Å². The predicted octanol–water partition coefficient (Wildman–Crippen LogP) is -0.321. The maximum Gasteiger partial charge on any atom is 0.0643 e. The normalized spacial score (nSPS) is 28.1. The fourth-order valence-electron chi connectivity index (χ4n) is 1.60.